The number of nitrogens with one attached hydrogen (secondary N) is 1. The average molecular weight is 393 g/mol. The standard InChI is InChI=1S/C25H32N2O2/c1-18(2)17-23(26-24(28)22-12-8-7-9-19(22)3)25(29)27-15-13-21(14-16-27)20-10-5-4-6-11-20/h4-12,18,21,23H,13-17H2,1-3H3,(H,26,28). The van der Waals surface area contributed by atoms with Gasteiger partial charge in [0.2, 0.25) is 5.91 Å². The first kappa shape index (κ1) is 21.1. The molecule has 2 aromatic carbocycles. The molecule has 0 aliphatic carbocycles. The van der Waals surface area contributed by atoms with Crippen LogP contribution < -0.4 is 5.32 Å². The first-order valence-electron chi connectivity index (χ1n) is 10.7. The molecule has 2 amide bonds. The van der Waals surface area contributed by atoms with Crippen LogP contribution in [0.15, 0.2) is 54.6 Å². The molecule has 154 valence electrons. The fourth-order valence-corrected chi connectivity index (χ4v) is 4.14. The summed E-state index contributed by atoms with van der Waals surface area (Å²) in [6.07, 6.45) is 2.58. The zero-order valence-electron chi connectivity index (χ0n) is 17.7. The molecule has 4 heteroatoms. The Labute approximate surface area is 174 Å². The molecule has 3 rings (SSSR count). The molecule has 1 aliphatic heterocycles. The minimum absolute atomic E-state index is 0.0483. The number of hydrogen-bond acceptors (Lipinski definition) is 2. The number of nitrogens with zero attached hydrogens (tertiary/aromatic N) is 1. The number of hydrogen-bond donors (Lipinski definition) is 1. The highest BCUT2D eigenvalue weighted by Crippen LogP contribution is 2.28. The molecule has 1 N–H and O–H groups in total. The van der Waals surface area contributed by atoms with E-state index in [1.807, 2.05) is 42.2 Å². The Morgan fingerprint density at radius 1 is 1.00 bits per heavy atom. The number of benzene rings is 2. The van der Waals surface area contributed by atoms with E-state index in [0.29, 0.717) is 23.8 Å². The van der Waals surface area contributed by atoms with Gasteiger partial charge >= 0.3 is 0 Å². The van der Waals surface area contributed by atoms with Gasteiger partial charge in [0, 0.05) is 18.7 Å². The molecule has 0 saturated carbocycles. The Hall–Kier alpha value is -2.62. The third-order valence-corrected chi connectivity index (χ3v) is 5.78. The minimum atomic E-state index is -0.476. The number of carbonyl (C=O) groups excluding carboxylic acids is 2. The Bertz CT molecular complexity index is 824. The molecule has 2 aromatic rings. The van der Waals surface area contributed by atoms with E-state index >= 15 is 0 Å². The van der Waals surface area contributed by atoms with Gasteiger partial charge in [0.25, 0.3) is 5.91 Å². The van der Waals surface area contributed by atoms with E-state index in [1.54, 1.807) is 0 Å². The zero-order valence-corrected chi connectivity index (χ0v) is 17.7. The molecule has 1 atom stereocenters. The maximum absolute atomic E-state index is 13.2. The predicted molar refractivity (Wildman–Crippen MR) is 117 cm³/mol. The van der Waals surface area contributed by atoms with Gasteiger partial charge in [0.05, 0.1) is 0 Å². The highest BCUT2D eigenvalue weighted by atomic mass is 16.2. The summed E-state index contributed by atoms with van der Waals surface area (Å²) >= 11 is 0. The molecule has 1 unspecified atom stereocenters. The zero-order chi connectivity index (χ0) is 20.8. The molecule has 4 nitrogen and oxygen atoms in total. The van der Waals surface area contributed by atoms with Crippen molar-refractivity contribution in [1.29, 1.82) is 0 Å². The Morgan fingerprint density at radius 2 is 1.62 bits per heavy atom. The van der Waals surface area contributed by atoms with Crippen LogP contribution in [0.25, 0.3) is 0 Å². The van der Waals surface area contributed by atoms with Crippen LogP contribution in [0.2, 0.25) is 0 Å². The van der Waals surface area contributed by atoms with E-state index in [9.17, 15) is 9.59 Å². The lowest BCUT2D eigenvalue weighted by Gasteiger charge is -2.35. The summed E-state index contributed by atoms with van der Waals surface area (Å²) in [6.45, 7) is 7.58. The highest BCUT2D eigenvalue weighted by molar-refractivity contribution is 5.98. The van der Waals surface area contributed by atoms with Crippen LogP contribution in [0.1, 0.15) is 60.5 Å². The van der Waals surface area contributed by atoms with Crippen molar-refractivity contribution in [3.8, 4) is 0 Å². The number of piperidine rings is 1. The summed E-state index contributed by atoms with van der Waals surface area (Å²) in [6, 6.07) is 17.6. The number of likely N-dealkylation sites (tertiary alicyclic amines) is 1. The van der Waals surface area contributed by atoms with Crippen molar-refractivity contribution >= 4 is 11.8 Å². The van der Waals surface area contributed by atoms with Crippen molar-refractivity contribution in [2.45, 2.75) is 52.0 Å². The lowest BCUT2D eigenvalue weighted by molar-refractivity contribution is -0.134. The normalized spacial score (nSPS) is 15.9. The van der Waals surface area contributed by atoms with Gasteiger partial charge in [0.1, 0.15) is 6.04 Å². The molecular formula is C25H32N2O2. The van der Waals surface area contributed by atoms with E-state index in [1.165, 1.54) is 5.56 Å². The number of amides is 2. The summed E-state index contributed by atoms with van der Waals surface area (Å²) in [4.78, 5) is 28.0. The lowest BCUT2D eigenvalue weighted by Crippen LogP contribution is -2.51. The highest BCUT2D eigenvalue weighted by Gasteiger charge is 2.30. The van der Waals surface area contributed by atoms with Crippen LogP contribution in [0.5, 0.6) is 0 Å². The van der Waals surface area contributed by atoms with Gasteiger partial charge < -0.3 is 10.2 Å². The molecule has 0 aromatic heterocycles. The minimum Gasteiger partial charge on any atom is -0.341 e. The van der Waals surface area contributed by atoms with Crippen LogP contribution in [-0.4, -0.2) is 35.8 Å². The van der Waals surface area contributed by atoms with Crippen molar-refractivity contribution in [2.75, 3.05) is 13.1 Å². The van der Waals surface area contributed by atoms with Crippen LogP contribution in [-0.2, 0) is 4.79 Å². The van der Waals surface area contributed by atoms with Gasteiger partial charge in [-0.05, 0) is 55.2 Å². The predicted octanol–water partition coefficient (Wildman–Crippen LogP) is 4.55. The van der Waals surface area contributed by atoms with Gasteiger partial charge in [-0.1, -0.05) is 62.4 Å². The van der Waals surface area contributed by atoms with Gasteiger partial charge in [-0.25, -0.2) is 0 Å². The summed E-state index contributed by atoms with van der Waals surface area (Å²) in [5.74, 6) is 0.710. The lowest BCUT2D eigenvalue weighted by atomic mass is 9.89. The van der Waals surface area contributed by atoms with Crippen LogP contribution in [0.4, 0.5) is 0 Å². The summed E-state index contributed by atoms with van der Waals surface area (Å²) < 4.78 is 0. The Kier molecular flexibility index (Phi) is 7.08. The van der Waals surface area contributed by atoms with Crippen LogP contribution in [0, 0.1) is 12.8 Å². The summed E-state index contributed by atoms with van der Waals surface area (Å²) in [5, 5.41) is 3.02. The molecule has 0 spiro atoms. The maximum atomic E-state index is 13.2. The Morgan fingerprint density at radius 3 is 2.24 bits per heavy atom. The molecule has 1 aliphatic rings. The van der Waals surface area contributed by atoms with Gasteiger partial charge in [-0.15, -0.1) is 0 Å². The maximum Gasteiger partial charge on any atom is 0.252 e. The van der Waals surface area contributed by atoms with E-state index in [-0.39, 0.29) is 11.8 Å². The summed E-state index contributed by atoms with van der Waals surface area (Å²) in [7, 11) is 0. The smallest absolute Gasteiger partial charge is 0.252 e. The SMILES string of the molecule is Cc1ccccc1C(=O)NC(CC(C)C)C(=O)N1CCC(c2ccccc2)CC1. The van der Waals surface area contributed by atoms with Crippen molar-refractivity contribution in [2.24, 2.45) is 5.92 Å². The number of carbonyl (C=O) groups is 2. The fourth-order valence-electron chi connectivity index (χ4n) is 4.14. The van der Waals surface area contributed by atoms with Gasteiger partial charge in [-0.3, -0.25) is 9.59 Å². The van der Waals surface area contributed by atoms with E-state index < -0.39 is 6.04 Å². The molecule has 1 heterocycles. The largest absolute Gasteiger partial charge is 0.341 e. The second kappa shape index (κ2) is 9.73. The summed E-state index contributed by atoms with van der Waals surface area (Å²) in [5.41, 5.74) is 2.91. The molecule has 29 heavy (non-hydrogen) atoms. The van der Waals surface area contributed by atoms with Gasteiger partial charge in [0.15, 0.2) is 0 Å². The third-order valence-electron chi connectivity index (χ3n) is 5.78. The first-order chi connectivity index (χ1) is 14.0. The topological polar surface area (TPSA) is 49.4 Å². The van der Waals surface area contributed by atoms with E-state index in [0.717, 1.165) is 31.5 Å². The Balaban J connectivity index is 1.65. The monoisotopic (exact) mass is 392 g/mol. The molecule has 1 fully saturated rings. The first-order valence-corrected chi connectivity index (χ1v) is 10.7. The average Bonchev–Trinajstić information content (AvgIpc) is 2.73. The van der Waals surface area contributed by atoms with Gasteiger partial charge in [-0.2, -0.15) is 0 Å². The number of aryl methyl sites for hydroxylation is 1. The third kappa shape index (κ3) is 5.47. The molecule has 1 saturated heterocycles. The van der Waals surface area contributed by atoms with E-state index in [2.05, 4.69) is 43.4 Å². The second-order valence-electron chi connectivity index (χ2n) is 8.48. The van der Waals surface area contributed by atoms with Crippen molar-refractivity contribution < 1.29 is 9.59 Å². The molecular weight excluding hydrogens is 360 g/mol. The molecule has 0 radical (unpaired) electrons. The van der Waals surface area contributed by atoms with Crippen molar-refractivity contribution in [1.82, 2.24) is 10.2 Å². The second-order valence-corrected chi connectivity index (χ2v) is 8.48. The van der Waals surface area contributed by atoms with Crippen molar-refractivity contribution in [3.63, 3.8) is 0 Å². The van der Waals surface area contributed by atoms with E-state index in [4.69, 9.17) is 0 Å². The fraction of sp³-hybridized carbons (Fsp3) is 0.440. The quantitative estimate of drug-likeness (QED) is 0.784. The van der Waals surface area contributed by atoms with Crippen molar-refractivity contribution in [3.05, 3.63) is 71.3 Å². The molecule has 0 bridgehead atoms. The van der Waals surface area contributed by atoms with Crippen LogP contribution in [0.3, 0.4) is 0 Å². The van der Waals surface area contributed by atoms with Crippen LogP contribution >= 0.6 is 0 Å². The number of rotatable bonds is 6.